The molecule has 10 heteroatoms. The lowest BCUT2D eigenvalue weighted by Crippen LogP contribution is -2.53. The van der Waals surface area contributed by atoms with Gasteiger partial charge in [-0.25, -0.2) is 13.1 Å². The third-order valence-corrected chi connectivity index (χ3v) is 9.09. The molecule has 3 aliphatic rings. The van der Waals surface area contributed by atoms with E-state index in [0.717, 1.165) is 37.5 Å². The zero-order chi connectivity index (χ0) is 22.6. The van der Waals surface area contributed by atoms with Gasteiger partial charge in [0.2, 0.25) is 15.9 Å². The van der Waals surface area contributed by atoms with E-state index < -0.39 is 16.1 Å². The van der Waals surface area contributed by atoms with E-state index in [2.05, 4.69) is 16.6 Å². The quantitative estimate of drug-likeness (QED) is 0.470. The Morgan fingerprint density at radius 1 is 1.13 bits per heavy atom. The molecule has 6 atom stereocenters. The van der Waals surface area contributed by atoms with Crippen molar-refractivity contribution in [3.05, 3.63) is 12.0 Å². The van der Waals surface area contributed by atoms with Crippen LogP contribution in [0.1, 0.15) is 51.4 Å². The molecule has 0 radical (unpaired) electrons. The smallest absolute Gasteiger partial charge is 0.236 e. The van der Waals surface area contributed by atoms with Crippen LogP contribution in [0.15, 0.2) is 12.0 Å². The molecule has 3 rings (SSSR count). The number of aliphatic hydroxyl groups is 1. The number of rotatable bonds is 7. The number of carbonyl (C=O) groups excluding carboxylic acids is 1. The number of alkyl halides is 2. The molecule has 1 saturated heterocycles. The van der Waals surface area contributed by atoms with Crippen LogP contribution in [0.5, 0.6) is 0 Å². The van der Waals surface area contributed by atoms with E-state index in [4.69, 9.17) is 23.2 Å². The molecule has 2 aliphatic carbocycles. The first-order valence-electron chi connectivity index (χ1n) is 11.3. The number of aliphatic hydroxyl groups excluding tert-OH is 1. The molecule has 0 aromatic carbocycles. The van der Waals surface area contributed by atoms with Crippen LogP contribution in [-0.2, 0) is 14.8 Å². The van der Waals surface area contributed by atoms with E-state index in [-0.39, 0.29) is 35.3 Å². The number of carbonyl (C=O) groups is 1. The maximum atomic E-state index is 12.7. The van der Waals surface area contributed by atoms with Crippen LogP contribution in [0.3, 0.4) is 0 Å². The van der Waals surface area contributed by atoms with Crippen molar-refractivity contribution in [2.75, 3.05) is 19.6 Å². The second kappa shape index (κ2) is 11.2. The van der Waals surface area contributed by atoms with Crippen LogP contribution in [-0.4, -0.2) is 72.9 Å². The molecule has 1 heterocycles. The van der Waals surface area contributed by atoms with Gasteiger partial charge in [0.15, 0.2) is 0 Å². The molecule has 1 amide bonds. The Kier molecular flexibility index (Phi) is 9.09. The summed E-state index contributed by atoms with van der Waals surface area (Å²) >= 11 is 13.0. The molecule has 6 unspecified atom stereocenters. The van der Waals surface area contributed by atoms with Crippen LogP contribution in [0.2, 0.25) is 0 Å². The lowest BCUT2D eigenvalue weighted by atomic mass is 9.71. The fraction of sp³-hybridized carbons (Fsp3) is 0.857. The van der Waals surface area contributed by atoms with E-state index in [9.17, 15) is 18.3 Å². The summed E-state index contributed by atoms with van der Waals surface area (Å²) in [5.41, 5.74) is 0. The minimum atomic E-state index is -3.46. The molecule has 0 spiro atoms. The SMILES string of the molecule is C=CS(=O)(=O)NC1CCN(C(=O)CNC2CC(C3CCCC(Cl)C3)C(Cl)CC2O)CC1. The van der Waals surface area contributed by atoms with E-state index >= 15 is 0 Å². The Bertz CT molecular complexity index is 730. The number of hydrogen-bond donors (Lipinski definition) is 3. The molecule has 7 nitrogen and oxygen atoms in total. The average molecular weight is 497 g/mol. The third kappa shape index (κ3) is 7.05. The van der Waals surface area contributed by atoms with Gasteiger partial charge in [-0.15, -0.1) is 23.2 Å². The Hall–Kier alpha value is -0.380. The van der Waals surface area contributed by atoms with Crippen LogP contribution in [0, 0.1) is 11.8 Å². The summed E-state index contributed by atoms with van der Waals surface area (Å²) in [5.74, 6) is 0.748. The summed E-state index contributed by atoms with van der Waals surface area (Å²) in [4.78, 5) is 14.4. The fourth-order valence-corrected chi connectivity index (χ4v) is 6.96. The van der Waals surface area contributed by atoms with Gasteiger partial charge in [-0.05, 0) is 50.4 Å². The highest BCUT2D eigenvalue weighted by Gasteiger charge is 2.40. The molecule has 31 heavy (non-hydrogen) atoms. The van der Waals surface area contributed by atoms with Gasteiger partial charge in [-0.3, -0.25) is 4.79 Å². The normalized spacial score (nSPS) is 35.6. The van der Waals surface area contributed by atoms with Crippen molar-refractivity contribution < 1.29 is 18.3 Å². The van der Waals surface area contributed by atoms with Crippen molar-refractivity contribution >= 4 is 39.1 Å². The standard InChI is InChI=1S/C21H35Cl2N3O4S/c1-2-31(29,30)25-16-6-8-26(9-7-16)21(28)13-24-19-11-17(18(23)12-20(19)27)14-4-3-5-15(22)10-14/h2,14-20,24-25,27H,1,3-13H2. The Labute approximate surface area is 196 Å². The molecule has 0 bridgehead atoms. The minimum Gasteiger partial charge on any atom is -0.391 e. The molecule has 1 aliphatic heterocycles. The second-order valence-corrected chi connectivity index (χ2v) is 12.1. The fourth-order valence-electron chi connectivity index (χ4n) is 5.29. The second-order valence-electron chi connectivity index (χ2n) is 9.21. The number of amides is 1. The van der Waals surface area contributed by atoms with Crippen LogP contribution in [0.4, 0.5) is 0 Å². The van der Waals surface area contributed by atoms with Crippen LogP contribution >= 0.6 is 23.2 Å². The van der Waals surface area contributed by atoms with E-state index in [1.165, 1.54) is 0 Å². The van der Waals surface area contributed by atoms with Crippen molar-refractivity contribution in [1.29, 1.82) is 0 Å². The number of piperidine rings is 1. The first-order chi connectivity index (χ1) is 14.7. The molecule has 3 N–H and O–H groups in total. The highest BCUT2D eigenvalue weighted by molar-refractivity contribution is 7.92. The van der Waals surface area contributed by atoms with Crippen LogP contribution in [0.25, 0.3) is 0 Å². The summed E-state index contributed by atoms with van der Waals surface area (Å²) in [6.45, 7) is 4.47. The number of sulfonamides is 1. The maximum absolute atomic E-state index is 12.7. The average Bonchev–Trinajstić information content (AvgIpc) is 2.73. The van der Waals surface area contributed by atoms with E-state index in [0.29, 0.717) is 44.2 Å². The first-order valence-corrected chi connectivity index (χ1v) is 13.7. The predicted octanol–water partition coefficient (Wildman–Crippen LogP) is 2.17. The van der Waals surface area contributed by atoms with Crippen molar-refractivity contribution in [3.8, 4) is 0 Å². The molecular weight excluding hydrogens is 461 g/mol. The highest BCUT2D eigenvalue weighted by Crippen LogP contribution is 2.42. The monoisotopic (exact) mass is 495 g/mol. The molecule has 3 fully saturated rings. The number of nitrogens with one attached hydrogen (secondary N) is 2. The van der Waals surface area contributed by atoms with Gasteiger partial charge in [0.05, 0.1) is 12.6 Å². The van der Waals surface area contributed by atoms with Gasteiger partial charge in [-0.1, -0.05) is 19.4 Å². The van der Waals surface area contributed by atoms with Crippen molar-refractivity contribution in [2.45, 2.75) is 80.3 Å². The summed E-state index contributed by atoms with van der Waals surface area (Å²) in [6, 6.07) is -0.334. The molecular formula is C21H35Cl2N3O4S. The lowest BCUT2D eigenvalue weighted by molar-refractivity contribution is -0.131. The van der Waals surface area contributed by atoms with Crippen molar-refractivity contribution in [2.24, 2.45) is 11.8 Å². The summed E-state index contributed by atoms with van der Waals surface area (Å²) in [7, 11) is -3.46. The first kappa shape index (κ1) is 25.2. The largest absolute Gasteiger partial charge is 0.391 e. The molecule has 178 valence electrons. The molecule has 2 saturated carbocycles. The maximum Gasteiger partial charge on any atom is 0.236 e. The Balaban J connectivity index is 1.46. The highest BCUT2D eigenvalue weighted by atomic mass is 35.5. The zero-order valence-corrected chi connectivity index (χ0v) is 20.2. The zero-order valence-electron chi connectivity index (χ0n) is 17.9. The topological polar surface area (TPSA) is 98.7 Å². The number of likely N-dealkylation sites (tertiary alicyclic amines) is 1. The summed E-state index contributed by atoms with van der Waals surface area (Å²) in [5, 5.41) is 14.9. The van der Waals surface area contributed by atoms with Gasteiger partial charge < -0.3 is 15.3 Å². The number of hydrogen-bond acceptors (Lipinski definition) is 5. The molecule has 0 aromatic heterocycles. The lowest BCUT2D eigenvalue weighted by Gasteiger charge is -2.43. The van der Waals surface area contributed by atoms with Gasteiger partial charge in [0.25, 0.3) is 0 Å². The molecule has 0 aromatic rings. The number of halogens is 2. The van der Waals surface area contributed by atoms with Gasteiger partial charge in [0, 0.05) is 41.3 Å². The van der Waals surface area contributed by atoms with Crippen molar-refractivity contribution in [1.82, 2.24) is 14.9 Å². The number of nitrogens with zero attached hydrogens (tertiary/aromatic N) is 1. The van der Waals surface area contributed by atoms with Gasteiger partial charge >= 0.3 is 0 Å². The van der Waals surface area contributed by atoms with Crippen molar-refractivity contribution in [3.63, 3.8) is 0 Å². The van der Waals surface area contributed by atoms with E-state index in [1.54, 1.807) is 4.90 Å². The van der Waals surface area contributed by atoms with E-state index in [1.807, 2.05) is 0 Å². The predicted molar refractivity (Wildman–Crippen MR) is 124 cm³/mol. The van der Waals surface area contributed by atoms with Crippen LogP contribution < -0.4 is 10.0 Å². The summed E-state index contributed by atoms with van der Waals surface area (Å²) < 4.78 is 25.8. The Morgan fingerprint density at radius 3 is 2.48 bits per heavy atom. The summed E-state index contributed by atoms with van der Waals surface area (Å²) in [6.07, 6.45) is 6.13. The van der Waals surface area contributed by atoms with Gasteiger partial charge in [0.1, 0.15) is 0 Å². The van der Waals surface area contributed by atoms with Gasteiger partial charge in [-0.2, -0.15) is 0 Å². The third-order valence-electron chi connectivity index (χ3n) is 7.09. The minimum absolute atomic E-state index is 0.0275. The Morgan fingerprint density at radius 2 is 1.84 bits per heavy atom.